The second kappa shape index (κ2) is 12.5. The van der Waals surface area contributed by atoms with E-state index in [9.17, 15) is 19.2 Å². The first-order chi connectivity index (χ1) is 16.4. The fraction of sp³-hybridized carbons (Fsp3) is 0.522. The zero-order chi connectivity index (χ0) is 24.5. The lowest BCUT2D eigenvalue weighted by atomic mass is 10.2. The first-order valence-electron chi connectivity index (χ1n) is 11.4. The molecule has 0 bridgehead atoms. The molecule has 1 aromatic rings. The van der Waals surface area contributed by atoms with Crippen molar-refractivity contribution < 1.29 is 28.7 Å². The van der Waals surface area contributed by atoms with Crippen LogP contribution < -0.4 is 10.6 Å². The van der Waals surface area contributed by atoms with Crippen LogP contribution >= 0.6 is 11.8 Å². The molecule has 184 valence electrons. The van der Waals surface area contributed by atoms with Gasteiger partial charge in [-0.2, -0.15) is 4.99 Å². The Morgan fingerprint density at radius 1 is 1.24 bits per heavy atom. The number of aliphatic imine (C=N–C) groups is 1. The molecule has 1 fully saturated rings. The second-order valence-corrected chi connectivity index (χ2v) is 9.03. The third kappa shape index (κ3) is 7.29. The molecule has 0 aliphatic carbocycles. The summed E-state index contributed by atoms with van der Waals surface area (Å²) < 4.78 is 10.5. The Morgan fingerprint density at radius 2 is 2.03 bits per heavy atom. The summed E-state index contributed by atoms with van der Waals surface area (Å²) >= 11 is 1.29. The summed E-state index contributed by atoms with van der Waals surface area (Å²) in [6, 6.07) is 6.22. The van der Waals surface area contributed by atoms with E-state index in [2.05, 4.69) is 15.6 Å². The van der Waals surface area contributed by atoms with Gasteiger partial charge >= 0.3 is 5.97 Å². The van der Waals surface area contributed by atoms with Crippen LogP contribution in [-0.2, 0) is 23.9 Å². The fourth-order valence-electron chi connectivity index (χ4n) is 3.54. The van der Waals surface area contributed by atoms with E-state index in [-0.39, 0.29) is 29.9 Å². The van der Waals surface area contributed by atoms with Gasteiger partial charge in [0.05, 0.1) is 11.7 Å². The van der Waals surface area contributed by atoms with Crippen molar-refractivity contribution in [3.05, 3.63) is 29.8 Å². The number of thioether (sulfide) groups is 1. The van der Waals surface area contributed by atoms with Crippen molar-refractivity contribution >= 4 is 46.3 Å². The number of carbonyl (C=O) groups is 4. The summed E-state index contributed by atoms with van der Waals surface area (Å²) in [7, 11) is 0. The highest BCUT2D eigenvalue weighted by Crippen LogP contribution is 2.27. The highest BCUT2D eigenvalue weighted by Gasteiger charge is 2.32. The molecule has 0 aromatic heterocycles. The van der Waals surface area contributed by atoms with E-state index >= 15 is 0 Å². The Morgan fingerprint density at radius 3 is 2.74 bits per heavy atom. The molecule has 2 aliphatic heterocycles. The van der Waals surface area contributed by atoms with Crippen molar-refractivity contribution in [1.82, 2.24) is 10.2 Å². The standard InChI is InChI=1S/C23H30N4O6S/c1-3-27(4-2)23-26-21(30)18(34-23)12-19(28)25-16-8-5-7-15(11-16)22(31)33-14-20(29)24-13-17-9-6-10-32-17/h5,7-8,11,17-18H,3-4,6,9-10,12-14H2,1-2H3,(H,24,29)(H,25,28)/t17-,18+/m0/s1. The fourth-order valence-corrected chi connectivity index (χ4v) is 4.73. The molecule has 0 spiro atoms. The molecule has 34 heavy (non-hydrogen) atoms. The van der Waals surface area contributed by atoms with Gasteiger partial charge in [-0.05, 0) is 44.9 Å². The van der Waals surface area contributed by atoms with Crippen LogP contribution in [0.25, 0.3) is 0 Å². The Labute approximate surface area is 202 Å². The van der Waals surface area contributed by atoms with E-state index in [0.29, 0.717) is 24.0 Å². The van der Waals surface area contributed by atoms with Gasteiger partial charge in [0.25, 0.3) is 11.8 Å². The quantitative estimate of drug-likeness (QED) is 0.476. The summed E-state index contributed by atoms with van der Waals surface area (Å²) in [5.74, 6) is -1.77. The maximum Gasteiger partial charge on any atom is 0.338 e. The molecule has 1 aromatic carbocycles. The number of benzene rings is 1. The van der Waals surface area contributed by atoms with Crippen LogP contribution in [-0.4, -0.2) is 78.0 Å². The SMILES string of the molecule is CCN(CC)C1=NC(=O)[C@@H](CC(=O)Nc2cccc(C(=O)OCC(=O)NC[C@@H]3CCCO3)c2)S1. The maximum absolute atomic E-state index is 12.5. The number of nitrogens with zero attached hydrogens (tertiary/aromatic N) is 2. The summed E-state index contributed by atoms with van der Waals surface area (Å²) in [5, 5.41) is 5.45. The lowest BCUT2D eigenvalue weighted by molar-refractivity contribution is -0.124. The van der Waals surface area contributed by atoms with E-state index in [0.717, 1.165) is 25.9 Å². The smallest absolute Gasteiger partial charge is 0.338 e. The lowest BCUT2D eigenvalue weighted by Crippen LogP contribution is -2.34. The van der Waals surface area contributed by atoms with Gasteiger partial charge in [0.2, 0.25) is 5.91 Å². The summed E-state index contributed by atoms with van der Waals surface area (Å²) in [6.45, 7) is 6.10. The molecule has 3 rings (SSSR count). The van der Waals surface area contributed by atoms with Gasteiger partial charge in [0.15, 0.2) is 11.8 Å². The predicted molar refractivity (Wildman–Crippen MR) is 129 cm³/mol. The van der Waals surface area contributed by atoms with Gasteiger partial charge in [-0.15, -0.1) is 0 Å². The largest absolute Gasteiger partial charge is 0.452 e. The number of carbonyl (C=O) groups excluding carboxylic acids is 4. The molecule has 0 unspecified atom stereocenters. The van der Waals surface area contributed by atoms with Gasteiger partial charge in [-0.3, -0.25) is 14.4 Å². The first-order valence-corrected chi connectivity index (χ1v) is 12.3. The Kier molecular flexibility index (Phi) is 9.46. The summed E-state index contributed by atoms with van der Waals surface area (Å²) in [5.41, 5.74) is 0.589. The maximum atomic E-state index is 12.5. The molecule has 2 heterocycles. The molecule has 2 N–H and O–H groups in total. The van der Waals surface area contributed by atoms with E-state index < -0.39 is 23.7 Å². The van der Waals surface area contributed by atoms with E-state index in [1.165, 1.54) is 23.9 Å². The molecular weight excluding hydrogens is 460 g/mol. The third-order valence-electron chi connectivity index (χ3n) is 5.40. The molecule has 0 radical (unpaired) electrons. The van der Waals surface area contributed by atoms with Crippen molar-refractivity contribution in [2.45, 2.75) is 44.5 Å². The zero-order valence-electron chi connectivity index (χ0n) is 19.4. The molecule has 1 saturated heterocycles. The molecular formula is C23H30N4O6S. The topological polar surface area (TPSA) is 126 Å². The number of anilines is 1. The number of amidine groups is 1. The van der Waals surface area contributed by atoms with Crippen molar-refractivity contribution in [2.24, 2.45) is 4.99 Å². The molecule has 10 nitrogen and oxygen atoms in total. The number of amides is 3. The third-order valence-corrected chi connectivity index (χ3v) is 6.61. The highest BCUT2D eigenvalue weighted by atomic mass is 32.2. The number of hydrogen-bond acceptors (Lipinski definition) is 8. The number of rotatable bonds is 10. The van der Waals surface area contributed by atoms with Crippen molar-refractivity contribution in [3.8, 4) is 0 Å². The highest BCUT2D eigenvalue weighted by molar-refractivity contribution is 8.15. The monoisotopic (exact) mass is 490 g/mol. The van der Waals surface area contributed by atoms with E-state index in [1.54, 1.807) is 12.1 Å². The minimum Gasteiger partial charge on any atom is -0.452 e. The van der Waals surface area contributed by atoms with Crippen LogP contribution in [0.5, 0.6) is 0 Å². The molecule has 3 amide bonds. The van der Waals surface area contributed by atoms with Crippen molar-refractivity contribution in [3.63, 3.8) is 0 Å². The van der Waals surface area contributed by atoms with Crippen LogP contribution in [0.1, 0.15) is 43.5 Å². The summed E-state index contributed by atoms with van der Waals surface area (Å²) in [6.07, 6.45) is 1.85. The minimum atomic E-state index is -0.679. The second-order valence-electron chi connectivity index (χ2n) is 7.86. The van der Waals surface area contributed by atoms with Crippen LogP contribution in [0, 0.1) is 0 Å². The minimum absolute atomic E-state index is 0.00764. The predicted octanol–water partition coefficient (Wildman–Crippen LogP) is 1.81. The van der Waals surface area contributed by atoms with Gasteiger partial charge in [0, 0.05) is 38.3 Å². The van der Waals surface area contributed by atoms with Crippen molar-refractivity contribution in [1.29, 1.82) is 0 Å². The van der Waals surface area contributed by atoms with Crippen LogP contribution in [0.3, 0.4) is 0 Å². The van der Waals surface area contributed by atoms with E-state index in [4.69, 9.17) is 9.47 Å². The Balaban J connectivity index is 1.45. The normalized spacial score (nSPS) is 19.5. The molecule has 2 atom stereocenters. The van der Waals surface area contributed by atoms with E-state index in [1.807, 2.05) is 18.7 Å². The average molecular weight is 491 g/mol. The molecule has 0 saturated carbocycles. The summed E-state index contributed by atoms with van der Waals surface area (Å²) in [4.78, 5) is 54.9. The number of hydrogen-bond donors (Lipinski definition) is 2. The van der Waals surface area contributed by atoms with Crippen LogP contribution in [0.4, 0.5) is 5.69 Å². The Hall–Kier alpha value is -2.92. The van der Waals surface area contributed by atoms with Crippen molar-refractivity contribution in [2.75, 3.05) is 38.2 Å². The average Bonchev–Trinajstić information content (AvgIpc) is 3.47. The van der Waals surface area contributed by atoms with Gasteiger partial charge in [-0.1, -0.05) is 17.8 Å². The first kappa shape index (κ1) is 25.7. The number of ether oxygens (including phenoxy) is 2. The van der Waals surface area contributed by atoms with Crippen LogP contribution in [0.2, 0.25) is 0 Å². The zero-order valence-corrected chi connectivity index (χ0v) is 20.2. The van der Waals surface area contributed by atoms with Gasteiger partial charge in [0.1, 0.15) is 5.25 Å². The lowest BCUT2D eigenvalue weighted by Gasteiger charge is -2.19. The number of nitrogens with one attached hydrogen (secondary N) is 2. The number of esters is 1. The molecule has 2 aliphatic rings. The molecule has 11 heteroatoms. The van der Waals surface area contributed by atoms with Crippen LogP contribution in [0.15, 0.2) is 29.3 Å². The van der Waals surface area contributed by atoms with Gasteiger partial charge < -0.3 is 25.0 Å². The Bertz CT molecular complexity index is 943. The van der Waals surface area contributed by atoms with Gasteiger partial charge in [-0.25, -0.2) is 4.79 Å².